The molecule has 1 heterocycles. The number of hydrogen-bond donors (Lipinski definition) is 1. The minimum Gasteiger partial charge on any atom is -0.496 e. The number of hydrazone groups is 1. The van der Waals surface area contributed by atoms with Gasteiger partial charge in [0.25, 0.3) is 5.91 Å². The fraction of sp³-hybridized carbons (Fsp3) is 0.333. The molecule has 1 N–H and O–H groups in total. The van der Waals surface area contributed by atoms with Crippen molar-refractivity contribution in [1.82, 2.24) is 5.43 Å². The van der Waals surface area contributed by atoms with Crippen LogP contribution in [0.2, 0.25) is 0 Å². The minimum atomic E-state index is -0.774. The average molecular weight is 447 g/mol. The van der Waals surface area contributed by atoms with E-state index in [9.17, 15) is 4.79 Å². The van der Waals surface area contributed by atoms with Crippen LogP contribution in [-0.2, 0) is 10.2 Å². The fourth-order valence-electron chi connectivity index (χ4n) is 2.71. The predicted octanol–water partition coefficient (Wildman–Crippen LogP) is 4.05. The first kappa shape index (κ1) is 20.2. The molecule has 2 aromatic rings. The lowest BCUT2D eigenvalue weighted by atomic mass is 9.87. The Bertz CT molecular complexity index is 906. The highest BCUT2D eigenvalue weighted by atomic mass is 79.9. The van der Waals surface area contributed by atoms with Gasteiger partial charge < -0.3 is 14.2 Å². The van der Waals surface area contributed by atoms with Crippen molar-refractivity contribution in [1.29, 1.82) is 0 Å². The SMILES string of the molecule is COc1ccc(Br)cc1/C=N/NC(=O)[C@H]1COc2ccc(C(C)(C)C)cc2O1. The van der Waals surface area contributed by atoms with Crippen LogP contribution in [0.4, 0.5) is 0 Å². The maximum Gasteiger partial charge on any atom is 0.284 e. The Morgan fingerprint density at radius 3 is 2.75 bits per heavy atom. The van der Waals surface area contributed by atoms with Gasteiger partial charge in [-0.25, -0.2) is 5.43 Å². The van der Waals surface area contributed by atoms with Crippen molar-refractivity contribution in [2.45, 2.75) is 32.3 Å². The second-order valence-electron chi connectivity index (χ2n) is 7.45. The third kappa shape index (κ3) is 4.65. The van der Waals surface area contributed by atoms with Crippen LogP contribution in [0.25, 0.3) is 0 Å². The van der Waals surface area contributed by atoms with E-state index in [2.05, 4.69) is 47.2 Å². The number of hydrogen-bond acceptors (Lipinski definition) is 5. The van der Waals surface area contributed by atoms with Crippen LogP contribution in [0.15, 0.2) is 46.0 Å². The normalized spacial score (nSPS) is 16.1. The zero-order valence-corrected chi connectivity index (χ0v) is 17.9. The van der Waals surface area contributed by atoms with E-state index in [1.165, 1.54) is 6.21 Å². The summed E-state index contributed by atoms with van der Waals surface area (Å²) in [4.78, 5) is 12.4. The van der Waals surface area contributed by atoms with Crippen LogP contribution < -0.4 is 19.6 Å². The number of nitrogens with zero attached hydrogens (tertiary/aromatic N) is 1. The van der Waals surface area contributed by atoms with Gasteiger partial charge in [-0.05, 0) is 41.3 Å². The van der Waals surface area contributed by atoms with Gasteiger partial charge >= 0.3 is 0 Å². The zero-order valence-electron chi connectivity index (χ0n) is 16.3. The third-order valence-corrected chi connectivity index (χ3v) is 4.82. The monoisotopic (exact) mass is 446 g/mol. The van der Waals surface area contributed by atoms with E-state index in [0.29, 0.717) is 17.2 Å². The maximum absolute atomic E-state index is 12.4. The first-order valence-electron chi connectivity index (χ1n) is 8.88. The molecular weight excluding hydrogens is 424 g/mol. The quantitative estimate of drug-likeness (QED) is 0.568. The Labute approximate surface area is 173 Å². The number of nitrogens with one attached hydrogen (secondary N) is 1. The first-order chi connectivity index (χ1) is 13.3. The molecule has 2 aromatic carbocycles. The number of ether oxygens (including phenoxy) is 3. The highest BCUT2D eigenvalue weighted by molar-refractivity contribution is 9.10. The number of carbonyl (C=O) groups excluding carboxylic acids is 1. The molecule has 0 spiro atoms. The van der Waals surface area contributed by atoms with Crippen molar-refractivity contribution in [3.63, 3.8) is 0 Å². The lowest BCUT2D eigenvalue weighted by Crippen LogP contribution is -2.42. The zero-order chi connectivity index (χ0) is 20.3. The molecular formula is C21H23BrN2O4. The molecule has 1 amide bonds. The van der Waals surface area contributed by atoms with Crippen LogP contribution in [0.3, 0.4) is 0 Å². The Kier molecular flexibility index (Phi) is 5.93. The summed E-state index contributed by atoms with van der Waals surface area (Å²) in [6.07, 6.45) is 0.751. The van der Waals surface area contributed by atoms with E-state index >= 15 is 0 Å². The molecule has 0 fully saturated rings. The van der Waals surface area contributed by atoms with Gasteiger partial charge in [0, 0.05) is 10.0 Å². The summed E-state index contributed by atoms with van der Waals surface area (Å²) in [5.41, 5.74) is 4.32. The van der Waals surface area contributed by atoms with Crippen LogP contribution in [0, 0.1) is 0 Å². The second kappa shape index (κ2) is 8.22. The van der Waals surface area contributed by atoms with Crippen LogP contribution in [0.1, 0.15) is 31.9 Å². The molecule has 0 unspecified atom stereocenters. The molecule has 1 aliphatic rings. The van der Waals surface area contributed by atoms with Gasteiger partial charge in [-0.1, -0.05) is 42.8 Å². The molecule has 148 valence electrons. The third-order valence-electron chi connectivity index (χ3n) is 4.33. The maximum atomic E-state index is 12.4. The Morgan fingerprint density at radius 1 is 1.25 bits per heavy atom. The highest BCUT2D eigenvalue weighted by Gasteiger charge is 2.28. The molecule has 1 atom stereocenters. The minimum absolute atomic E-state index is 0.0269. The van der Waals surface area contributed by atoms with E-state index in [4.69, 9.17) is 14.2 Å². The van der Waals surface area contributed by atoms with Gasteiger partial charge in [0.2, 0.25) is 6.10 Å². The van der Waals surface area contributed by atoms with E-state index in [1.807, 2.05) is 36.4 Å². The van der Waals surface area contributed by atoms with Gasteiger partial charge in [0.1, 0.15) is 12.4 Å². The molecule has 6 nitrogen and oxygen atoms in total. The Morgan fingerprint density at radius 2 is 2.04 bits per heavy atom. The smallest absolute Gasteiger partial charge is 0.284 e. The molecule has 0 aromatic heterocycles. The summed E-state index contributed by atoms with van der Waals surface area (Å²) in [7, 11) is 1.58. The number of methoxy groups -OCH3 is 1. The Hall–Kier alpha value is -2.54. The van der Waals surface area contributed by atoms with Crippen LogP contribution in [0.5, 0.6) is 17.2 Å². The average Bonchev–Trinajstić information content (AvgIpc) is 2.66. The number of carbonyl (C=O) groups is 1. The van der Waals surface area contributed by atoms with Crippen molar-refractivity contribution in [2.24, 2.45) is 5.10 Å². The topological polar surface area (TPSA) is 69.2 Å². The molecule has 1 aliphatic heterocycles. The lowest BCUT2D eigenvalue weighted by molar-refractivity contribution is -0.130. The second-order valence-corrected chi connectivity index (χ2v) is 8.37. The summed E-state index contributed by atoms with van der Waals surface area (Å²) in [6, 6.07) is 11.3. The largest absolute Gasteiger partial charge is 0.496 e. The number of halogens is 1. The molecule has 0 saturated heterocycles. The summed E-state index contributed by atoms with van der Waals surface area (Å²) < 4.78 is 17.7. The number of amides is 1. The first-order valence-corrected chi connectivity index (χ1v) is 9.67. The predicted molar refractivity (Wildman–Crippen MR) is 111 cm³/mol. The van der Waals surface area contributed by atoms with Gasteiger partial charge in [-0.15, -0.1) is 0 Å². The highest BCUT2D eigenvalue weighted by Crippen LogP contribution is 2.36. The fourth-order valence-corrected chi connectivity index (χ4v) is 3.09. The molecule has 7 heteroatoms. The van der Waals surface area contributed by atoms with Crippen molar-refractivity contribution < 1.29 is 19.0 Å². The van der Waals surface area contributed by atoms with E-state index < -0.39 is 6.10 Å². The molecule has 3 rings (SSSR count). The van der Waals surface area contributed by atoms with Gasteiger partial charge in [0.15, 0.2) is 11.5 Å². The molecule has 0 bridgehead atoms. The van der Waals surface area contributed by atoms with Crippen molar-refractivity contribution in [3.05, 3.63) is 52.0 Å². The standard InChI is InChI=1S/C21H23BrN2O4/c1-21(2,3)14-5-7-17-18(10-14)28-19(12-27-17)20(25)24-23-11-13-9-15(22)6-8-16(13)26-4/h5-11,19H,12H2,1-4H3,(H,24,25)/b23-11+/t19-/m1/s1. The Balaban J connectivity index is 1.67. The van der Waals surface area contributed by atoms with E-state index in [-0.39, 0.29) is 17.9 Å². The molecule has 0 aliphatic carbocycles. The van der Waals surface area contributed by atoms with Gasteiger partial charge in [-0.2, -0.15) is 5.10 Å². The van der Waals surface area contributed by atoms with Crippen molar-refractivity contribution >= 4 is 28.1 Å². The lowest BCUT2D eigenvalue weighted by Gasteiger charge is -2.27. The summed E-state index contributed by atoms with van der Waals surface area (Å²) in [5, 5.41) is 4.02. The van der Waals surface area contributed by atoms with Gasteiger partial charge in [0.05, 0.1) is 13.3 Å². The van der Waals surface area contributed by atoms with E-state index in [0.717, 1.165) is 15.6 Å². The van der Waals surface area contributed by atoms with Crippen LogP contribution >= 0.6 is 15.9 Å². The number of fused-ring (bicyclic) bond motifs is 1. The molecule has 28 heavy (non-hydrogen) atoms. The van der Waals surface area contributed by atoms with Crippen LogP contribution in [-0.4, -0.2) is 31.9 Å². The number of benzene rings is 2. The number of rotatable bonds is 4. The van der Waals surface area contributed by atoms with E-state index in [1.54, 1.807) is 7.11 Å². The summed E-state index contributed by atoms with van der Waals surface area (Å²) >= 11 is 3.40. The summed E-state index contributed by atoms with van der Waals surface area (Å²) in [6.45, 7) is 6.48. The molecule has 0 radical (unpaired) electrons. The van der Waals surface area contributed by atoms with Crippen molar-refractivity contribution in [2.75, 3.05) is 13.7 Å². The van der Waals surface area contributed by atoms with Gasteiger partial charge in [-0.3, -0.25) is 4.79 Å². The van der Waals surface area contributed by atoms with Crippen molar-refractivity contribution in [3.8, 4) is 17.2 Å². The molecule has 0 saturated carbocycles. The summed E-state index contributed by atoms with van der Waals surface area (Å²) in [5.74, 6) is 1.48.